The minimum absolute atomic E-state index is 0.522. The van der Waals surface area contributed by atoms with Gasteiger partial charge in [-0.3, -0.25) is 9.67 Å². The van der Waals surface area contributed by atoms with Gasteiger partial charge in [0, 0.05) is 45.8 Å². The second-order valence-corrected chi connectivity index (χ2v) is 6.36. The molecule has 2 aromatic rings. The summed E-state index contributed by atoms with van der Waals surface area (Å²) in [4.78, 5) is 6.78. The van der Waals surface area contributed by atoms with Gasteiger partial charge in [0.1, 0.15) is 5.75 Å². The number of ether oxygens (including phenoxy) is 1. The molecule has 134 valence electrons. The quantitative estimate of drug-likeness (QED) is 0.670. The summed E-state index contributed by atoms with van der Waals surface area (Å²) < 4.78 is 7.44. The molecule has 1 aromatic carbocycles. The van der Waals surface area contributed by atoms with Crippen molar-refractivity contribution in [3.05, 3.63) is 47.8 Å². The van der Waals surface area contributed by atoms with E-state index in [9.17, 15) is 0 Å². The smallest absolute Gasteiger partial charge is 0.193 e. The van der Waals surface area contributed by atoms with Crippen LogP contribution in [0.3, 0.4) is 0 Å². The minimum atomic E-state index is 0.522. The van der Waals surface area contributed by atoms with Gasteiger partial charge in [0.25, 0.3) is 0 Å². The molecule has 0 saturated carbocycles. The fraction of sp³-hybridized carbons (Fsp3) is 0.474. The molecule has 25 heavy (non-hydrogen) atoms. The van der Waals surface area contributed by atoms with Gasteiger partial charge in [-0.1, -0.05) is 12.1 Å². The number of aromatic nitrogens is 2. The lowest BCUT2D eigenvalue weighted by Gasteiger charge is -2.21. The van der Waals surface area contributed by atoms with E-state index in [4.69, 9.17) is 4.74 Å². The number of aliphatic imine (C=N–C) groups is 1. The Morgan fingerprint density at radius 3 is 3.04 bits per heavy atom. The van der Waals surface area contributed by atoms with Crippen LogP contribution in [0.15, 0.2) is 41.7 Å². The lowest BCUT2D eigenvalue weighted by Crippen LogP contribution is -2.39. The van der Waals surface area contributed by atoms with E-state index in [0.717, 1.165) is 37.8 Å². The summed E-state index contributed by atoms with van der Waals surface area (Å²) in [5.74, 6) is 2.39. The summed E-state index contributed by atoms with van der Waals surface area (Å²) in [7, 11) is 3.81. The third-order valence-electron chi connectivity index (χ3n) is 4.56. The first kappa shape index (κ1) is 17.3. The number of nitrogens with zero attached hydrogens (tertiary/aromatic N) is 4. The molecule has 1 atom stereocenters. The van der Waals surface area contributed by atoms with E-state index < -0.39 is 0 Å². The van der Waals surface area contributed by atoms with E-state index >= 15 is 0 Å². The van der Waals surface area contributed by atoms with Crippen LogP contribution in [0.25, 0.3) is 0 Å². The van der Waals surface area contributed by atoms with E-state index in [1.54, 1.807) is 0 Å². The van der Waals surface area contributed by atoms with Crippen LogP contribution in [-0.4, -0.2) is 47.4 Å². The fourth-order valence-electron chi connectivity index (χ4n) is 3.30. The van der Waals surface area contributed by atoms with Gasteiger partial charge < -0.3 is 15.0 Å². The molecule has 1 aliphatic rings. The van der Waals surface area contributed by atoms with E-state index in [-0.39, 0.29) is 0 Å². The van der Waals surface area contributed by atoms with Crippen molar-refractivity contribution in [1.29, 1.82) is 0 Å². The van der Waals surface area contributed by atoms with Crippen LogP contribution < -0.4 is 10.1 Å². The van der Waals surface area contributed by atoms with Gasteiger partial charge in [-0.15, -0.1) is 0 Å². The summed E-state index contributed by atoms with van der Waals surface area (Å²) in [5.41, 5.74) is 2.50. The standard InChI is InChI=1S/C19H27N5O/c1-4-25-18-7-5-6-15(10-18)11-21-19(20-2)24-9-8-16(14-24)17-12-22-23(3)13-17/h5-7,10,12-13,16H,4,8-9,11,14H2,1-3H3,(H,20,21). The summed E-state index contributed by atoms with van der Waals surface area (Å²) >= 11 is 0. The maximum Gasteiger partial charge on any atom is 0.193 e. The zero-order valence-corrected chi connectivity index (χ0v) is 15.3. The SMILES string of the molecule is CCOc1cccc(CNC(=NC)N2CCC(c3cnn(C)c3)C2)c1. The number of rotatable bonds is 5. The van der Waals surface area contributed by atoms with Gasteiger partial charge >= 0.3 is 0 Å². The Kier molecular flexibility index (Phi) is 5.58. The fourth-order valence-corrected chi connectivity index (χ4v) is 3.30. The monoisotopic (exact) mass is 341 g/mol. The Morgan fingerprint density at radius 2 is 2.32 bits per heavy atom. The second-order valence-electron chi connectivity index (χ2n) is 6.36. The highest BCUT2D eigenvalue weighted by Gasteiger charge is 2.26. The highest BCUT2D eigenvalue weighted by Crippen LogP contribution is 2.26. The van der Waals surface area contributed by atoms with E-state index in [1.165, 1.54) is 11.1 Å². The van der Waals surface area contributed by atoms with Crippen LogP contribution in [0.2, 0.25) is 0 Å². The highest BCUT2D eigenvalue weighted by molar-refractivity contribution is 5.80. The summed E-state index contributed by atoms with van der Waals surface area (Å²) in [6, 6.07) is 8.19. The topological polar surface area (TPSA) is 54.7 Å². The zero-order chi connectivity index (χ0) is 17.6. The predicted molar refractivity (Wildman–Crippen MR) is 99.9 cm³/mol. The van der Waals surface area contributed by atoms with Crippen LogP contribution in [-0.2, 0) is 13.6 Å². The highest BCUT2D eigenvalue weighted by atomic mass is 16.5. The lowest BCUT2D eigenvalue weighted by molar-refractivity contribution is 0.340. The van der Waals surface area contributed by atoms with Gasteiger partial charge in [-0.25, -0.2) is 0 Å². The largest absolute Gasteiger partial charge is 0.494 e. The van der Waals surface area contributed by atoms with Crippen LogP contribution in [0.4, 0.5) is 0 Å². The third kappa shape index (κ3) is 4.32. The second kappa shape index (κ2) is 8.05. The molecule has 0 spiro atoms. The Balaban J connectivity index is 1.57. The average molecular weight is 341 g/mol. The average Bonchev–Trinajstić information content (AvgIpc) is 3.25. The molecule has 2 heterocycles. The molecular formula is C19H27N5O. The van der Waals surface area contributed by atoms with Crippen molar-refractivity contribution in [2.75, 3.05) is 26.7 Å². The van der Waals surface area contributed by atoms with Gasteiger partial charge in [-0.05, 0) is 36.6 Å². The van der Waals surface area contributed by atoms with Crippen molar-refractivity contribution in [3.8, 4) is 5.75 Å². The third-order valence-corrected chi connectivity index (χ3v) is 4.56. The molecule has 1 N–H and O–H groups in total. The Labute approximate surface area is 149 Å². The summed E-state index contributed by atoms with van der Waals surface area (Å²) in [6.45, 7) is 5.41. The molecule has 0 bridgehead atoms. The van der Waals surface area contributed by atoms with E-state index in [1.807, 2.05) is 44.0 Å². The number of benzene rings is 1. The number of nitrogens with one attached hydrogen (secondary N) is 1. The van der Waals surface area contributed by atoms with Gasteiger partial charge in [0.2, 0.25) is 0 Å². The van der Waals surface area contributed by atoms with Gasteiger partial charge in [-0.2, -0.15) is 5.10 Å². The van der Waals surface area contributed by atoms with Crippen molar-refractivity contribution in [3.63, 3.8) is 0 Å². The summed E-state index contributed by atoms with van der Waals surface area (Å²) in [6.07, 6.45) is 5.22. The van der Waals surface area contributed by atoms with Crippen molar-refractivity contribution in [2.45, 2.75) is 25.8 Å². The molecule has 6 nitrogen and oxygen atoms in total. The molecule has 6 heteroatoms. The van der Waals surface area contributed by atoms with Gasteiger partial charge in [0.15, 0.2) is 5.96 Å². The first-order valence-electron chi connectivity index (χ1n) is 8.85. The molecule has 1 unspecified atom stereocenters. The van der Waals surface area contributed by atoms with Crippen LogP contribution in [0, 0.1) is 0 Å². The first-order chi connectivity index (χ1) is 12.2. The molecule has 0 aliphatic carbocycles. The van der Waals surface area contributed by atoms with E-state index in [0.29, 0.717) is 12.5 Å². The Bertz CT molecular complexity index is 724. The molecule has 0 amide bonds. The lowest BCUT2D eigenvalue weighted by atomic mass is 10.0. The Morgan fingerprint density at radius 1 is 1.44 bits per heavy atom. The molecular weight excluding hydrogens is 314 g/mol. The Hall–Kier alpha value is -2.50. The van der Waals surface area contributed by atoms with E-state index in [2.05, 4.69) is 38.6 Å². The number of guanidine groups is 1. The molecule has 1 saturated heterocycles. The molecule has 0 radical (unpaired) electrons. The minimum Gasteiger partial charge on any atom is -0.494 e. The number of aryl methyl sites for hydroxylation is 1. The molecule has 1 fully saturated rings. The van der Waals surface area contributed by atoms with Crippen LogP contribution in [0.5, 0.6) is 5.75 Å². The van der Waals surface area contributed by atoms with Crippen LogP contribution in [0.1, 0.15) is 30.4 Å². The molecule has 1 aromatic heterocycles. The summed E-state index contributed by atoms with van der Waals surface area (Å²) in [5, 5.41) is 7.76. The van der Waals surface area contributed by atoms with Crippen molar-refractivity contribution < 1.29 is 4.74 Å². The zero-order valence-electron chi connectivity index (χ0n) is 15.3. The van der Waals surface area contributed by atoms with Crippen LogP contribution >= 0.6 is 0 Å². The molecule has 3 rings (SSSR count). The van der Waals surface area contributed by atoms with Crippen molar-refractivity contribution in [1.82, 2.24) is 20.0 Å². The maximum atomic E-state index is 5.57. The number of hydrogen-bond acceptors (Lipinski definition) is 3. The number of likely N-dealkylation sites (tertiary alicyclic amines) is 1. The van der Waals surface area contributed by atoms with Crippen molar-refractivity contribution in [2.24, 2.45) is 12.0 Å². The normalized spacial score (nSPS) is 17.8. The maximum absolute atomic E-state index is 5.57. The predicted octanol–water partition coefficient (Wildman–Crippen LogP) is 2.38. The van der Waals surface area contributed by atoms with Gasteiger partial charge in [0.05, 0.1) is 12.8 Å². The first-order valence-corrected chi connectivity index (χ1v) is 8.85. The number of hydrogen-bond donors (Lipinski definition) is 1. The van der Waals surface area contributed by atoms with Crippen molar-refractivity contribution >= 4 is 5.96 Å². The molecule has 1 aliphatic heterocycles.